The number of rotatable bonds is 4. The van der Waals surface area contributed by atoms with Crippen molar-refractivity contribution in [1.82, 2.24) is 5.32 Å². The first kappa shape index (κ1) is 13.8. The van der Waals surface area contributed by atoms with Gasteiger partial charge in [-0.1, -0.05) is 26.2 Å². The van der Waals surface area contributed by atoms with Gasteiger partial charge >= 0.3 is 6.18 Å². The molecule has 5 heteroatoms. The molecular formula is C11H21F3N2. The Hall–Kier alpha value is -0.290. The van der Waals surface area contributed by atoms with E-state index in [1.54, 1.807) is 0 Å². The minimum atomic E-state index is -4.15. The summed E-state index contributed by atoms with van der Waals surface area (Å²) in [6.45, 7) is 1.39. The molecule has 2 nitrogen and oxygen atoms in total. The predicted octanol–water partition coefficient (Wildman–Crippen LogP) is 2.44. The molecule has 0 spiro atoms. The van der Waals surface area contributed by atoms with Gasteiger partial charge in [0.05, 0.1) is 6.54 Å². The zero-order valence-electron chi connectivity index (χ0n) is 9.74. The van der Waals surface area contributed by atoms with Crippen LogP contribution in [-0.4, -0.2) is 24.8 Å². The highest BCUT2D eigenvalue weighted by molar-refractivity contribution is 4.98. The molecule has 1 saturated carbocycles. The van der Waals surface area contributed by atoms with Crippen LogP contribution in [0.1, 0.15) is 39.0 Å². The Labute approximate surface area is 94.8 Å². The quantitative estimate of drug-likeness (QED) is 0.789. The Morgan fingerprint density at radius 1 is 1.38 bits per heavy atom. The van der Waals surface area contributed by atoms with Crippen LogP contribution in [-0.2, 0) is 0 Å². The predicted molar refractivity (Wildman–Crippen MR) is 58.1 cm³/mol. The Kier molecular flexibility index (Phi) is 4.62. The van der Waals surface area contributed by atoms with E-state index >= 15 is 0 Å². The third kappa shape index (κ3) is 3.35. The van der Waals surface area contributed by atoms with E-state index < -0.39 is 18.3 Å². The van der Waals surface area contributed by atoms with E-state index in [1.807, 2.05) is 6.92 Å². The molecule has 96 valence electrons. The van der Waals surface area contributed by atoms with Gasteiger partial charge in [0.15, 0.2) is 0 Å². The average molecular weight is 238 g/mol. The number of halogens is 3. The van der Waals surface area contributed by atoms with Crippen LogP contribution >= 0.6 is 0 Å². The van der Waals surface area contributed by atoms with Gasteiger partial charge in [0.1, 0.15) is 0 Å². The van der Waals surface area contributed by atoms with E-state index in [0.717, 1.165) is 32.1 Å². The van der Waals surface area contributed by atoms with Crippen molar-refractivity contribution in [3.05, 3.63) is 0 Å². The average Bonchev–Trinajstić information content (AvgIpc) is 2.25. The fourth-order valence-electron chi connectivity index (χ4n) is 2.76. The van der Waals surface area contributed by atoms with Gasteiger partial charge < -0.3 is 11.1 Å². The first-order valence-electron chi connectivity index (χ1n) is 5.95. The summed E-state index contributed by atoms with van der Waals surface area (Å²) >= 11 is 0. The molecule has 0 bridgehead atoms. The minimum Gasteiger partial charge on any atom is -0.329 e. The largest absolute Gasteiger partial charge is 0.401 e. The van der Waals surface area contributed by atoms with Crippen molar-refractivity contribution in [2.75, 3.05) is 13.1 Å². The van der Waals surface area contributed by atoms with Crippen LogP contribution in [0.25, 0.3) is 0 Å². The molecule has 0 amide bonds. The van der Waals surface area contributed by atoms with Crippen LogP contribution in [0.2, 0.25) is 0 Å². The molecule has 0 heterocycles. The zero-order chi connectivity index (χ0) is 12.2. The molecule has 1 aliphatic carbocycles. The first-order chi connectivity index (χ1) is 7.43. The number of nitrogens with one attached hydrogen (secondary N) is 1. The molecule has 0 aromatic heterocycles. The summed E-state index contributed by atoms with van der Waals surface area (Å²) in [4.78, 5) is 0. The monoisotopic (exact) mass is 238 g/mol. The second kappa shape index (κ2) is 5.36. The molecule has 0 aliphatic heterocycles. The fraction of sp³-hybridized carbons (Fsp3) is 1.00. The second-order valence-corrected chi connectivity index (χ2v) is 4.68. The lowest BCUT2D eigenvalue weighted by Gasteiger charge is -2.44. The van der Waals surface area contributed by atoms with E-state index in [9.17, 15) is 13.2 Å². The second-order valence-electron chi connectivity index (χ2n) is 4.68. The zero-order valence-corrected chi connectivity index (χ0v) is 9.74. The van der Waals surface area contributed by atoms with Gasteiger partial charge in [0.25, 0.3) is 0 Å². The number of hydrogen-bond acceptors (Lipinski definition) is 2. The van der Waals surface area contributed by atoms with Gasteiger partial charge in [0.2, 0.25) is 0 Å². The number of hydrogen-bond donors (Lipinski definition) is 2. The summed E-state index contributed by atoms with van der Waals surface area (Å²) in [7, 11) is 0. The van der Waals surface area contributed by atoms with Gasteiger partial charge in [-0.05, 0) is 18.8 Å². The van der Waals surface area contributed by atoms with E-state index in [0.29, 0.717) is 6.54 Å². The Morgan fingerprint density at radius 2 is 2.06 bits per heavy atom. The molecule has 1 fully saturated rings. The molecule has 0 aromatic rings. The van der Waals surface area contributed by atoms with Crippen LogP contribution < -0.4 is 11.1 Å². The maximum Gasteiger partial charge on any atom is 0.401 e. The summed E-state index contributed by atoms with van der Waals surface area (Å²) in [5.74, 6) is 0.272. The Balaban J connectivity index is 2.66. The van der Waals surface area contributed by atoms with Crippen molar-refractivity contribution in [3.63, 3.8) is 0 Å². The maximum absolute atomic E-state index is 12.2. The Morgan fingerprint density at radius 3 is 2.56 bits per heavy atom. The van der Waals surface area contributed by atoms with Crippen molar-refractivity contribution in [1.29, 1.82) is 0 Å². The topological polar surface area (TPSA) is 38.0 Å². The lowest BCUT2D eigenvalue weighted by atomic mass is 9.71. The van der Waals surface area contributed by atoms with Gasteiger partial charge in [-0.3, -0.25) is 0 Å². The Bertz CT molecular complexity index is 218. The van der Waals surface area contributed by atoms with Crippen molar-refractivity contribution < 1.29 is 13.2 Å². The molecule has 16 heavy (non-hydrogen) atoms. The maximum atomic E-state index is 12.2. The highest BCUT2D eigenvalue weighted by Gasteiger charge is 2.41. The van der Waals surface area contributed by atoms with Gasteiger partial charge in [-0.15, -0.1) is 0 Å². The van der Waals surface area contributed by atoms with Gasteiger partial charge in [-0.2, -0.15) is 13.2 Å². The SMILES string of the molecule is CCC1CCCCC1(CN)NCC(F)(F)F. The third-order valence-electron chi connectivity index (χ3n) is 3.70. The van der Waals surface area contributed by atoms with Crippen molar-refractivity contribution >= 4 is 0 Å². The minimum absolute atomic E-state index is 0.272. The summed E-state index contributed by atoms with van der Waals surface area (Å²) in [5.41, 5.74) is 5.21. The summed E-state index contributed by atoms with van der Waals surface area (Å²) in [5, 5.41) is 2.68. The fourth-order valence-corrected chi connectivity index (χ4v) is 2.76. The van der Waals surface area contributed by atoms with Crippen LogP contribution in [0, 0.1) is 5.92 Å². The van der Waals surface area contributed by atoms with E-state index in [-0.39, 0.29) is 5.92 Å². The molecule has 3 N–H and O–H groups in total. The van der Waals surface area contributed by atoms with Crippen molar-refractivity contribution in [3.8, 4) is 0 Å². The highest BCUT2D eigenvalue weighted by atomic mass is 19.4. The van der Waals surface area contributed by atoms with Crippen molar-refractivity contribution in [2.45, 2.75) is 50.7 Å². The van der Waals surface area contributed by atoms with Crippen LogP contribution in [0.3, 0.4) is 0 Å². The van der Waals surface area contributed by atoms with Gasteiger partial charge in [-0.25, -0.2) is 0 Å². The molecule has 2 unspecified atom stereocenters. The number of alkyl halides is 3. The van der Waals surface area contributed by atoms with Gasteiger partial charge in [0, 0.05) is 12.1 Å². The van der Waals surface area contributed by atoms with Crippen LogP contribution in [0.4, 0.5) is 13.2 Å². The standard InChI is InChI=1S/C11H21F3N2/c1-2-9-5-3-4-6-10(9,7-15)16-8-11(12,13)14/h9,16H,2-8,15H2,1H3. The first-order valence-corrected chi connectivity index (χ1v) is 5.95. The highest BCUT2D eigenvalue weighted by Crippen LogP contribution is 2.35. The smallest absolute Gasteiger partial charge is 0.329 e. The number of nitrogens with two attached hydrogens (primary N) is 1. The summed E-state index contributed by atoms with van der Waals surface area (Å²) in [6, 6.07) is 0. The molecule has 2 atom stereocenters. The third-order valence-corrected chi connectivity index (χ3v) is 3.70. The molecule has 1 aliphatic rings. The van der Waals surface area contributed by atoms with E-state index in [2.05, 4.69) is 5.32 Å². The molecular weight excluding hydrogens is 217 g/mol. The molecule has 0 aromatic carbocycles. The molecule has 1 rings (SSSR count). The van der Waals surface area contributed by atoms with E-state index in [4.69, 9.17) is 5.73 Å². The normalized spacial score (nSPS) is 31.7. The van der Waals surface area contributed by atoms with Crippen LogP contribution in [0.15, 0.2) is 0 Å². The molecule has 0 radical (unpaired) electrons. The van der Waals surface area contributed by atoms with Crippen LogP contribution in [0.5, 0.6) is 0 Å². The summed E-state index contributed by atoms with van der Waals surface area (Å²) < 4.78 is 36.7. The summed E-state index contributed by atoms with van der Waals surface area (Å²) in [6.07, 6.45) is 0.559. The lowest BCUT2D eigenvalue weighted by molar-refractivity contribution is -0.131. The van der Waals surface area contributed by atoms with E-state index in [1.165, 1.54) is 0 Å². The molecule has 0 saturated heterocycles. The lowest BCUT2D eigenvalue weighted by Crippen LogP contribution is -2.59. The van der Waals surface area contributed by atoms with Crippen molar-refractivity contribution in [2.24, 2.45) is 11.7 Å².